The van der Waals surface area contributed by atoms with Crippen molar-refractivity contribution in [2.24, 2.45) is 5.92 Å². The highest BCUT2D eigenvalue weighted by Crippen LogP contribution is 1.99. The molecule has 1 aromatic rings. The molecule has 0 spiro atoms. The van der Waals surface area contributed by atoms with Gasteiger partial charge in [-0.1, -0.05) is 13.8 Å². The largest absolute Gasteiger partial charge is 0.350 e. The predicted molar refractivity (Wildman–Crippen MR) is 58.1 cm³/mol. The van der Waals surface area contributed by atoms with E-state index < -0.39 is 0 Å². The molecule has 0 aliphatic rings. The van der Waals surface area contributed by atoms with Gasteiger partial charge in [0.1, 0.15) is 0 Å². The van der Waals surface area contributed by atoms with E-state index in [0.29, 0.717) is 18.9 Å². The van der Waals surface area contributed by atoms with Gasteiger partial charge < -0.3 is 5.32 Å². The van der Waals surface area contributed by atoms with Crippen LogP contribution in [0.15, 0.2) is 12.4 Å². The lowest BCUT2D eigenvalue weighted by Crippen LogP contribution is -2.24. The van der Waals surface area contributed by atoms with Gasteiger partial charge in [-0.15, -0.1) is 0 Å². The van der Waals surface area contributed by atoms with Crippen LogP contribution in [-0.4, -0.2) is 15.9 Å². The van der Waals surface area contributed by atoms with Crippen molar-refractivity contribution < 1.29 is 4.79 Å². The van der Waals surface area contributed by atoms with Crippen molar-refractivity contribution >= 4 is 5.91 Å². The number of carbonyl (C=O) groups excluding carboxylic acids is 1. The van der Waals surface area contributed by atoms with E-state index >= 15 is 0 Å². The number of aryl methyl sites for hydroxylation is 1. The number of carbonyl (C=O) groups is 1. The van der Waals surface area contributed by atoms with Gasteiger partial charge in [-0.05, 0) is 12.8 Å². The average Bonchev–Trinajstić information content (AvgIpc) is 2.16. The van der Waals surface area contributed by atoms with Crippen LogP contribution in [0.1, 0.15) is 31.7 Å². The molecule has 0 radical (unpaired) electrons. The van der Waals surface area contributed by atoms with Crippen molar-refractivity contribution in [2.75, 3.05) is 0 Å². The van der Waals surface area contributed by atoms with Crippen LogP contribution >= 0.6 is 0 Å². The van der Waals surface area contributed by atoms with Gasteiger partial charge in [0, 0.05) is 12.6 Å². The fraction of sp³-hybridized carbons (Fsp3) is 0.545. The number of aromatic nitrogens is 2. The summed E-state index contributed by atoms with van der Waals surface area (Å²) in [7, 11) is 0. The quantitative estimate of drug-likeness (QED) is 0.813. The van der Waals surface area contributed by atoms with Crippen LogP contribution in [0.3, 0.4) is 0 Å². The molecule has 15 heavy (non-hydrogen) atoms. The molecule has 0 atom stereocenters. The molecule has 0 saturated carbocycles. The molecule has 4 heteroatoms. The van der Waals surface area contributed by atoms with Crippen LogP contribution in [0.2, 0.25) is 0 Å². The summed E-state index contributed by atoms with van der Waals surface area (Å²) in [6.07, 6.45) is 3.94. The monoisotopic (exact) mass is 207 g/mol. The van der Waals surface area contributed by atoms with Gasteiger partial charge in [0.15, 0.2) is 0 Å². The Kier molecular flexibility index (Phi) is 4.21. The highest BCUT2D eigenvalue weighted by Gasteiger charge is 2.04. The van der Waals surface area contributed by atoms with E-state index in [1.165, 1.54) is 0 Å². The first-order valence-corrected chi connectivity index (χ1v) is 5.12. The standard InChI is InChI=1S/C11H17N3O/c1-8(2)4-11(15)14-7-10-6-12-9(3)5-13-10/h5-6,8H,4,7H2,1-3H3,(H,14,15). The van der Waals surface area contributed by atoms with Gasteiger partial charge in [0.2, 0.25) is 5.91 Å². The molecule has 1 N–H and O–H groups in total. The fourth-order valence-electron chi connectivity index (χ4n) is 1.14. The van der Waals surface area contributed by atoms with Crippen molar-refractivity contribution in [3.05, 3.63) is 23.8 Å². The third-order valence-electron chi connectivity index (χ3n) is 1.89. The maximum atomic E-state index is 11.3. The molecule has 1 heterocycles. The zero-order valence-corrected chi connectivity index (χ0v) is 9.45. The zero-order chi connectivity index (χ0) is 11.3. The lowest BCUT2D eigenvalue weighted by atomic mass is 10.1. The SMILES string of the molecule is Cc1cnc(CNC(=O)CC(C)C)cn1. The lowest BCUT2D eigenvalue weighted by Gasteiger charge is -2.06. The van der Waals surface area contributed by atoms with E-state index in [2.05, 4.69) is 15.3 Å². The highest BCUT2D eigenvalue weighted by atomic mass is 16.1. The molecule has 82 valence electrons. The molecule has 1 aromatic heterocycles. The Balaban J connectivity index is 2.37. The second kappa shape index (κ2) is 5.44. The normalized spacial score (nSPS) is 10.4. The summed E-state index contributed by atoms with van der Waals surface area (Å²) in [5, 5.41) is 2.81. The Hall–Kier alpha value is -1.45. The molecule has 0 aliphatic heterocycles. The van der Waals surface area contributed by atoms with E-state index in [9.17, 15) is 4.79 Å². The summed E-state index contributed by atoms with van der Waals surface area (Å²) in [6.45, 7) is 6.38. The minimum Gasteiger partial charge on any atom is -0.350 e. The van der Waals surface area contributed by atoms with Gasteiger partial charge >= 0.3 is 0 Å². The first-order chi connectivity index (χ1) is 7.08. The van der Waals surface area contributed by atoms with E-state index in [1.54, 1.807) is 12.4 Å². The van der Waals surface area contributed by atoms with Crippen molar-refractivity contribution in [1.29, 1.82) is 0 Å². The van der Waals surface area contributed by atoms with E-state index in [0.717, 1.165) is 11.4 Å². The number of nitrogens with one attached hydrogen (secondary N) is 1. The Labute approximate surface area is 90.1 Å². The summed E-state index contributed by atoms with van der Waals surface area (Å²) >= 11 is 0. The molecule has 0 saturated heterocycles. The van der Waals surface area contributed by atoms with Crippen LogP contribution in [0, 0.1) is 12.8 Å². The van der Waals surface area contributed by atoms with Crippen molar-refractivity contribution in [1.82, 2.24) is 15.3 Å². The molecule has 0 fully saturated rings. The average molecular weight is 207 g/mol. The number of nitrogens with zero attached hydrogens (tertiary/aromatic N) is 2. The van der Waals surface area contributed by atoms with E-state index in [1.807, 2.05) is 20.8 Å². The Morgan fingerprint density at radius 2 is 2.13 bits per heavy atom. The van der Waals surface area contributed by atoms with Crippen LogP contribution in [0.5, 0.6) is 0 Å². The van der Waals surface area contributed by atoms with Gasteiger partial charge in [-0.3, -0.25) is 14.8 Å². The maximum Gasteiger partial charge on any atom is 0.220 e. The summed E-state index contributed by atoms with van der Waals surface area (Å²) in [6, 6.07) is 0. The third kappa shape index (κ3) is 4.54. The summed E-state index contributed by atoms with van der Waals surface area (Å²) in [5.41, 5.74) is 1.67. The lowest BCUT2D eigenvalue weighted by molar-refractivity contribution is -0.121. The van der Waals surface area contributed by atoms with Crippen molar-refractivity contribution in [2.45, 2.75) is 33.7 Å². The first-order valence-electron chi connectivity index (χ1n) is 5.12. The predicted octanol–water partition coefficient (Wildman–Crippen LogP) is 1.45. The van der Waals surface area contributed by atoms with Gasteiger partial charge in [0.05, 0.1) is 24.1 Å². The van der Waals surface area contributed by atoms with Gasteiger partial charge in [0.25, 0.3) is 0 Å². The molecule has 0 aromatic carbocycles. The molecule has 0 aliphatic carbocycles. The second-order valence-electron chi connectivity index (χ2n) is 4.02. The fourth-order valence-corrected chi connectivity index (χ4v) is 1.14. The first kappa shape index (κ1) is 11.6. The Morgan fingerprint density at radius 3 is 2.67 bits per heavy atom. The number of hydrogen-bond acceptors (Lipinski definition) is 3. The summed E-state index contributed by atoms with van der Waals surface area (Å²) in [5.74, 6) is 0.446. The minimum absolute atomic E-state index is 0.0624. The molecule has 0 bridgehead atoms. The molecular formula is C11H17N3O. The number of rotatable bonds is 4. The van der Waals surface area contributed by atoms with E-state index in [-0.39, 0.29) is 5.91 Å². The molecular weight excluding hydrogens is 190 g/mol. The summed E-state index contributed by atoms with van der Waals surface area (Å²) < 4.78 is 0. The molecule has 4 nitrogen and oxygen atoms in total. The zero-order valence-electron chi connectivity index (χ0n) is 9.45. The van der Waals surface area contributed by atoms with Gasteiger partial charge in [-0.25, -0.2) is 0 Å². The number of hydrogen-bond donors (Lipinski definition) is 1. The topological polar surface area (TPSA) is 54.9 Å². The third-order valence-corrected chi connectivity index (χ3v) is 1.89. The minimum atomic E-state index is 0.0624. The molecule has 1 rings (SSSR count). The maximum absolute atomic E-state index is 11.3. The van der Waals surface area contributed by atoms with Crippen LogP contribution in [-0.2, 0) is 11.3 Å². The molecule has 0 unspecified atom stereocenters. The smallest absolute Gasteiger partial charge is 0.220 e. The van der Waals surface area contributed by atoms with E-state index in [4.69, 9.17) is 0 Å². The Bertz CT molecular complexity index is 319. The van der Waals surface area contributed by atoms with Crippen LogP contribution < -0.4 is 5.32 Å². The van der Waals surface area contributed by atoms with Crippen molar-refractivity contribution in [3.8, 4) is 0 Å². The van der Waals surface area contributed by atoms with Gasteiger partial charge in [-0.2, -0.15) is 0 Å². The van der Waals surface area contributed by atoms with Crippen molar-refractivity contribution in [3.63, 3.8) is 0 Å². The van der Waals surface area contributed by atoms with Crippen LogP contribution in [0.4, 0.5) is 0 Å². The molecule has 1 amide bonds. The second-order valence-corrected chi connectivity index (χ2v) is 4.02. The summed E-state index contributed by atoms with van der Waals surface area (Å²) in [4.78, 5) is 19.6. The van der Waals surface area contributed by atoms with Crippen LogP contribution in [0.25, 0.3) is 0 Å². The number of amides is 1. The highest BCUT2D eigenvalue weighted by molar-refractivity contribution is 5.75. The Morgan fingerprint density at radius 1 is 1.40 bits per heavy atom.